The molecule has 4 heterocycles. The minimum Gasteiger partial charge on any atom is -0.384 e. The Labute approximate surface area is 223 Å². The number of aromatic nitrogens is 5. The molecule has 196 valence electrons. The third-order valence-electron chi connectivity index (χ3n) is 6.22. The van der Waals surface area contributed by atoms with Gasteiger partial charge in [0, 0.05) is 67.7 Å². The lowest BCUT2D eigenvalue weighted by Crippen LogP contribution is -2.54. The number of pyridine rings is 1. The molecule has 0 unspecified atom stereocenters. The fraction of sp³-hybridized carbons (Fsp3) is 0.321. The molecule has 1 saturated heterocycles. The molecule has 0 aliphatic carbocycles. The van der Waals surface area contributed by atoms with Crippen LogP contribution in [0.4, 0.5) is 29.0 Å². The van der Waals surface area contributed by atoms with Gasteiger partial charge in [-0.2, -0.15) is 4.98 Å². The Balaban J connectivity index is 1.15. The molecule has 0 bridgehead atoms. The summed E-state index contributed by atoms with van der Waals surface area (Å²) in [7, 11) is 0. The topological polar surface area (TPSA) is 116 Å². The Hall–Kier alpha value is -4.15. The number of rotatable bonds is 9. The third-order valence-corrected chi connectivity index (χ3v) is 6.22. The van der Waals surface area contributed by atoms with Crippen LogP contribution in [0.15, 0.2) is 67.0 Å². The smallest absolute Gasteiger partial charge is 0.229 e. The minimum atomic E-state index is 0.493. The van der Waals surface area contributed by atoms with Crippen LogP contribution in [0.25, 0.3) is 11.5 Å². The molecule has 38 heavy (non-hydrogen) atoms. The molecule has 0 amide bonds. The van der Waals surface area contributed by atoms with Crippen LogP contribution in [0.2, 0.25) is 0 Å². The zero-order valence-corrected chi connectivity index (χ0v) is 22.0. The van der Waals surface area contributed by atoms with Crippen molar-refractivity contribution in [1.29, 1.82) is 0 Å². The van der Waals surface area contributed by atoms with Crippen molar-refractivity contribution in [2.45, 2.75) is 32.9 Å². The summed E-state index contributed by atoms with van der Waals surface area (Å²) in [6.07, 6.45) is 3.41. The summed E-state index contributed by atoms with van der Waals surface area (Å²) in [4.78, 5) is 24.9. The number of anilines is 5. The predicted molar refractivity (Wildman–Crippen MR) is 152 cm³/mol. The van der Waals surface area contributed by atoms with Gasteiger partial charge < -0.3 is 21.3 Å². The number of nitrogens with zero attached hydrogens (tertiary/aromatic N) is 6. The number of hydrogen-bond acceptors (Lipinski definition) is 10. The summed E-state index contributed by atoms with van der Waals surface area (Å²) in [6, 6.07) is 18.6. The quantitative estimate of drug-likeness (QED) is 0.261. The van der Waals surface area contributed by atoms with E-state index < -0.39 is 0 Å². The van der Waals surface area contributed by atoms with Gasteiger partial charge in [-0.05, 0) is 69.3 Å². The molecule has 1 aliphatic rings. The highest BCUT2D eigenvalue weighted by atomic mass is 15.2. The maximum Gasteiger partial charge on any atom is 0.229 e. The average molecular weight is 511 g/mol. The van der Waals surface area contributed by atoms with E-state index in [1.807, 2.05) is 37.3 Å². The molecule has 3 aromatic heterocycles. The summed E-state index contributed by atoms with van der Waals surface area (Å²) in [6.45, 7) is 10.5. The van der Waals surface area contributed by atoms with Crippen LogP contribution < -0.4 is 21.3 Å². The van der Waals surface area contributed by atoms with Crippen molar-refractivity contribution >= 4 is 29.0 Å². The van der Waals surface area contributed by atoms with Gasteiger partial charge in [-0.1, -0.05) is 6.07 Å². The van der Waals surface area contributed by atoms with E-state index in [1.54, 1.807) is 24.5 Å². The molecular formula is C28H34N10. The van der Waals surface area contributed by atoms with Crippen LogP contribution >= 0.6 is 0 Å². The van der Waals surface area contributed by atoms with E-state index >= 15 is 0 Å². The summed E-state index contributed by atoms with van der Waals surface area (Å²) >= 11 is 0. The maximum absolute atomic E-state index is 4.59. The van der Waals surface area contributed by atoms with E-state index in [1.165, 1.54) is 0 Å². The van der Waals surface area contributed by atoms with Crippen molar-refractivity contribution in [2.75, 3.05) is 42.1 Å². The van der Waals surface area contributed by atoms with Gasteiger partial charge in [-0.3, -0.25) is 4.90 Å². The van der Waals surface area contributed by atoms with Gasteiger partial charge in [0.1, 0.15) is 17.3 Å². The Morgan fingerprint density at radius 3 is 2.29 bits per heavy atom. The molecule has 0 spiro atoms. The standard InChI is InChI=1S/C28H34N10/c1-19-5-4-6-24(33-19)27-30-13-11-25(36-27)35-26-12-14-31-28(37-26)34-23-9-7-22(8-10-23)29-15-16-38-17-20(2)32-21(3)18-38/h4-14,20-21,29,32H,15-18H2,1-3H3,(H2,30,31,34,35,36,37)/t20-,21+. The molecule has 2 atom stereocenters. The van der Waals surface area contributed by atoms with Crippen LogP contribution in [-0.2, 0) is 0 Å². The first-order valence-corrected chi connectivity index (χ1v) is 13.0. The molecule has 1 fully saturated rings. The van der Waals surface area contributed by atoms with E-state index in [0.29, 0.717) is 35.5 Å². The first-order valence-electron chi connectivity index (χ1n) is 13.0. The molecule has 10 heteroatoms. The predicted octanol–water partition coefficient (Wildman–Crippen LogP) is 4.22. The molecular weight excluding hydrogens is 476 g/mol. The van der Waals surface area contributed by atoms with E-state index in [9.17, 15) is 0 Å². The Morgan fingerprint density at radius 2 is 1.53 bits per heavy atom. The van der Waals surface area contributed by atoms with E-state index in [0.717, 1.165) is 48.9 Å². The lowest BCUT2D eigenvalue weighted by atomic mass is 10.1. The van der Waals surface area contributed by atoms with Crippen molar-refractivity contribution in [3.05, 3.63) is 72.7 Å². The monoisotopic (exact) mass is 510 g/mol. The molecule has 5 rings (SSSR count). The number of piperazine rings is 1. The largest absolute Gasteiger partial charge is 0.384 e. The molecule has 1 aliphatic heterocycles. The van der Waals surface area contributed by atoms with Gasteiger partial charge in [0.2, 0.25) is 5.95 Å². The first-order chi connectivity index (χ1) is 18.5. The summed E-state index contributed by atoms with van der Waals surface area (Å²) in [5.74, 6) is 2.30. The van der Waals surface area contributed by atoms with Gasteiger partial charge in [0.05, 0.1) is 0 Å². The zero-order valence-electron chi connectivity index (χ0n) is 22.0. The van der Waals surface area contributed by atoms with Crippen LogP contribution in [-0.4, -0.2) is 68.1 Å². The number of nitrogens with one attached hydrogen (secondary N) is 4. The first kappa shape index (κ1) is 25.5. The van der Waals surface area contributed by atoms with Crippen molar-refractivity contribution in [3.63, 3.8) is 0 Å². The molecule has 4 aromatic rings. The minimum absolute atomic E-state index is 0.493. The summed E-state index contributed by atoms with van der Waals surface area (Å²) in [5.41, 5.74) is 3.64. The van der Waals surface area contributed by atoms with Crippen molar-refractivity contribution < 1.29 is 0 Å². The Bertz CT molecular complexity index is 1330. The molecule has 1 aromatic carbocycles. The van der Waals surface area contributed by atoms with Gasteiger partial charge in [-0.15, -0.1) is 0 Å². The second-order valence-corrected chi connectivity index (χ2v) is 9.68. The molecule has 10 nitrogen and oxygen atoms in total. The fourth-order valence-corrected chi connectivity index (χ4v) is 4.62. The van der Waals surface area contributed by atoms with E-state index in [2.05, 4.69) is 77.1 Å². The highest BCUT2D eigenvalue weighted by Crippen LogP contribution is 2.20. The zero-order chi connectivity index (χ0) is 26.3. The molecule has 0 radical (unpaired) electrons. The van der Waals surface area contributed by atoms with Gasteiger partial charge in [-0.25, -0.2) is 19.9 Å². The average Bonchev–Trinajstić information content (AvgIpc) is 2.90. The van der Waals surface area contributed by atoms with E-state index in [-0.39, 0.29) is 0 Å². The number of hydrogen-bond donors (Lipinski definition) is 4. The van der Waals surface area contributed by atoms with Crippen LogP contribution in [0, 0.1) is 6.92 Å². The van der Waals surface area contributed by atoms with Crippen molar-refractivity contribution in [2.24, 2.45) is 0 Å². The Kier molecular flexibility index (Phi) is 8.01. The summed E-state index contributed by atoms with van der Waals surface area (Å²) < 4.78 is 0. The second kappa shape index (κ2) is 11.9. The van der Waals surface area contributed by atoms with Crippen LogP contribution in [0.3, 0.4) is 0 Å². The van der Waals surface area contributed by atoms with Crippen LogP contribution in [0.5, 0.6) is 0 Å². The lowest BCUT2D eigenvalue weighted by molar-refractivity contribution is 0.179. The highest BCUT2D eigenvalue weighted by molar-refractivity contribution is 5.61. The van der Waals surface area contributed by atoms with E-state index in [4.69, 9.17) is 0 Å². The molecule has 0 saturated carbocycles. The van der Waals surface area contributed by atoms with Crippen molar-refractivity contribution in [3.8, 4) is 11.5 Å². The van der Waals surface area contributed by atoms with Gasteiger partial charge in [0.25, 0.3) is 0 Å². The van der Waals surface area contributed by atoms with Crippen LogP contribution in [0.1, 0.15) is 19.5 Å². The van der Waals surface area contributed by atoms with Gasteiger partial charge >= 0.3 is 0 Å². The highest BCUT2D eigenvalue weighted by Gasteiger charge is 2.20. The third kappa shape index (κ3) is 6.99. The lowest BCUT2D eigenvalue weighted by Gasteiger charge is -2.36. The molecule has 4 N–H and O–H groups in total. The normalized spacial score (nSPS) is 17.7. The fourth-order valence-electron chi connectivity index (χ4n) is 4.62. The number of aryl methyl sites for hydroxylation is 1. The number of benzene rings is 1. The maximum atomic E-state index is 4.59. The van der Waals surface area contributed by atoms with Gasteiger partial charge in [0.15, 0.2) is 5.82 Å². The SMILES string of the molecule is Cc1cccc(-c2nccc(Nc3ccnc(Nc4ccc(NCCN5C[C@@H](C)N[C@@H](C)C5)cc4)n3)n2)n1. The van der Waals surface area contributed by atoms with Crippen molar-refractivity contribution in [1.82, 2.24) is 35.1 Å². The summed E-state index contributed by atoms with van der Waals surface area (Å²) in [5, 5.41) is 13.6. The second-order valence-electron chi connectivity index (χ2n) is 9.68. The Morgan fingerprint density at radius 1 is 0.816 bits per heavy atom.